The molecule has 0 atom stereocenters. The van der Waals surface area contributed by atoms with E-state index in [1.165, 1.54) is 0 Å². The number of likely N-dealkylation sites (tertiary alicyclic amines) is 1. The van der Waals surface area contributed by atoms with Crippen molar-refractivity contribution < 1.29 is 4.79 Å². The van der Waals surface area contributed by atoms with E-state index in [0.717, 1.165) is 59.5 Å². The van der Waals surface area contributed by atoms with Crippen LogP contribution in [0.2, 0.25) is 0 Å². The number of nitrogen functional groups attached to an aromatic ring is 1. The van der Waals surface area contributed by atoms with Gasteiger partial charge < -0.3 is 15.2 Å². The summed E-state index contributed by atoms with van der Waals surface area (Å²) in [4.78, 5) is 27.6. The third kappa shape index (κ3) is 3.31. The average molecular weight is 473 g/mol. The molecule has 0 spiro atoms. The van der Waals surface area contributed by atoms with Gasteiger partial charge in [0.15, 0.2) is 0 Å². The highest BCUT2D eigenvalue weighted by atomic mass is 16.2. The van der Waals surface area contributed by atoms with Crippen LogP contribution in [-0.2, 0) is 10.2 Å². The summed E-state index contributed by atoms with van der Waals surface area (Å²) in [7, 11) is 0. The number of nitrogens with two attached hydrogens (primary N) is 1. The summed E-state index contributed by atoms with van der Waals surface area (Å²) >= 11 is 0. The highest BCUT2D eigenvalue weighted by Gasteiger charge is 2.51. The summed E-state index contributed by atoms with van der Waals surface area (Å²) < 4.78 is 2.05. The standard InChI is InChI=1S/C28H36N6O/c1-16(2)33-15-30-22-12-21(31-25(29)24(22)33)17-7-8-20-23(9-17)34(26(35)28(20,5)6)19-10-18(11-19)32-13-27(3,4)14-32/h7-9,12,15-16,18-19H,10-11,13-14H2,1-6H3,(H2,29,31). The fourth-order valence-corrected chi connectivity index (χ4v) is 6.32. The Morgan fingerprint density at radius 2 is 1.77 bits per heavy atom. The molecular formula is C28H36N6O. The van der Waals surface area contributed by atoms with E-state index in [9.17, 15) is 4.79 Å². The Kier molecular flexibility index (Phi) is 4.69. The number of aromatic nitrogens is 3. The van der Waals surface area contributed by atoms with Gasteiger partial charge >= 0.3 is 0 Å². The maximum absolute atomic E-state index is 13.6. The Labute approximate surface area is 207 Å². The van der Waals surface area contributed by atoms with E-state index in [2.05, 4.69) is 65.2 Å². The Morgan fingerprint density at radius 1 is 1.06 bits per heavy atom. The maximum atomic E-state index is 13.6. The number of hydrogen-bond donors (Lipinski definition) is 1. The first-order chi connectivity index (χ1) is 16.5. The van der Waals surface area contributed by atoms with Crippen LogP contribution < -0.4 is 10.6 Å². The summed E-state index contributed by atoms with van der Waals surface area (Å²) in [6.45, 7) is 15.3. The predicted octanol–water partition coefficient (Wildman–Crippen LogP) is 4.76. The molecule has 2 fully saturated rings. The smallest absolute Gasteiger partial charge is 0.237 e. The van der Waals surface area contributed by atoms with Gasteiger partial charge in [0.05, 0.1) is 23.0 Å². The molecule has 2 aliphatic heterocycles. The van der Waals surface area contributed by atoms with E-state index in [0.29, 0.717) is 17.3 Å². The van der Waals surface area contributed by atoms with Crippen LogP contribution in [0.5, 0.6) is 0 Å². The lowest BCUT2D eigenvalue weighted by Gasteiger charge is -2.55. The van der Waals surface area contributed by atoms with Crippen molar-refractivity contribution in [3.8, 4) is 11.3 Å². The van der Waals surface area contributed by atoms with Gasteiger partial charge in [-0.05, 0) is 63.6 Å². The van der Waals surface area contributed by atoms with E-state index >= 15 is 0 Å². The molecule has 2 N–H and O–H groups in total. The number of nitrogens with zero attached hydrogens (tertiary/aromatic N) is 5. The van der Waals surface area contributed by atoms with Crippen LogP contribution >= 0.6 is 0 Å². The molecule has 1 aliphatic carbocycles. The van der Waals surface area contributed by atoms with Crippen molar-refractivity contribution in [1.29, 1.82) is 0 Å². The number of fused-ring (bicyclic) bond motifs is 2. The van der Waals surface area contributed by atoms with E-state index in [1.807, 2.05) is 26.2 Å². The lowest BCUT2D eigenvalue weighted by atomic mass is 9.76. The van der Waals surface area contributed by atoms with E-state index < -0.39 is 5.41 Å². The molecule has 1 amide bonds. The van der Waals surface area contributed by atoms with Gasteiger partial charge in [-0.2, -0.15) is 0 Å². The molecule has 7 nitrogen and oxygen atoms in total. The van der Waals surface area contributed by atoms with Crippen LogP contribution in [0.1, 0.15) is 66.0 Å². The molecule has 184 valence electrons. The van der Waals surface area contributed by atoms with Gasteiger partial charge in [0, 0.05) is 42.5 Å². The fraction of sp³-hybridized carbons (Fsp3) is 0.536. The zero-order valence-electron chi connectivity index (χ0n) is 21.7. The molecule has 0 bridgehead atoms. The van der Waals surface area contributed by atoms with E-state index in [4.69, 9.17) is 10.7 Å². The average Bonchev–Trinajstić information content (AvgIpc) is 3.25. The topological polar surface area (TPSA) is 80.3 Å². The molecule has 35 heavy (non-hydrogen) atoms. The number of benzene rings is 1. The first kappa shape index (κ1) is 22.5. The third-order valence-electron chi connectivity index (χ3n) is 8.35. The molecular weight excluding hydrogens is 436 g/mol. The Balaban J connectivity index is 1.33. The lowest BCUT2D eigenvalue weighted by molar-refractivity contribution is -0.123. The SMILES string of the molecule is CC(C)n1cnc2cc(-c3ccc4c(c3)N(C3CC(N5CC(C)(C)C5)C3)C(=O)C4(C)C)nc(N)c21. The minimum absolute atomic E-state index is 0.204. The summed E-state index contributed by atoms with van der Waals surface area (Å²) in [5.74, 6) is 0.687. The van der Waals surface area contributed by atoms with Gasteiger partial charge in [-0.1, -0.05) is 26.0 Å². The normalized spacial score (nSPS) is 25.1. The zero-order chi connectivity index (χ0) is 24.9. The van der Waals surface area contributed by atoms with Gasteiger partial charge in [-0.3, -0.25) is 9.69 Å². The van der Waals surface area contributed by atoms with Crippen LogP contribution in [0.3, 0.4) is 0 Å². The monoisotopic (exact) mass is 472 g/mol. The number of hydrogen-bond acceptors (Lipinski definition) is 5. The molecule has 0 radical (unpaired) electrons. The molecule has 1 aromatic carbocycles. The largest absolute Gasteiger partial charge is 0.382 e. The Hall–Kier alpha value is -2.93. The highest BCUT2D eigenvalue weighted by molar-refractivity contribution is 6.08. The van der Waals surface area contributed by atoms with Crippen LogP contribution in [0.15, 0.2) is 30.6 Å². The molecule has 6 rings (SSSR count). The second kappa shape index (κ2) is 7.29. The van der Waals surface area contributed by atoms with Gasteiger partial charge in [-0.15, -0.1) is 0 Å². The van der Waals surface area contributed by atoms with Crippen molar-refractivity contribution in [3.63, 3.8) is 0 Å². The number of carbonyl (C=O) groups is 1. The van der Waals surface area contributed by atoms with Crippen molar-refractivity contribution >= 4 is 28.4 Å². The van der Waals surface area contributed by atoms with Gasteiger partial charge in [0.25, 0.3) is 0 Å². The van der Waals surface area contributed by atoms with Crippen LogP contribution in [0.25, 0.3) is 22.3 Å². The zero-order valence-corrected chi connectivity index (χ0v) is 21.7. The van der Waals surface area contributed by atoms with Crippen molar-refractivity contribution in [2.24, 2.45) is 5.41 Å². The van der Waals surface area contributed by atoms with Gasteiger partial charge in [-0.25, -0.2) is 9.97 Å². The summed E-state index contributed by atoms with van der Waals surface area (Å²) in [5, 5.41) is 0. The first-order valence-corrected chi connectivity index (χ1v) is 12.8. The van der Waals surface area contributed by atoms with E-state index in [1.54, 1.807) is 0 Å². The van der Waals surface area contributed by atoms with Crippen molar-refractivity contribution in [2.75, 3.05) is 23.7 Å². The molecule has 3 aliphatic rings. The van der Waals surface area contributed by atoms with Crippen molar-refractivity contribution in [3.05, 3.63) is 36.2 Å². The second-order valence-electron chi connectivity index (χ2n) is 12.4. The van der Waals surface area contributed by atoms with Crippen LogP contribution in [-0.4, -0.2) is 50.5 Å². The molecule has 1 saturated heterocycles. The van der Waals surface area contributed by atoms with Crippen LogP contribution in [0.4, 0.5) is 11.5 Å². The minimum atomic E-state index is -0.524. The van der Waals surface area contributed by atoms with Crippen molar-refractivity contribution in [2.45, 2.75) is 77.9 Å². The fourth-order valence-electron chi connectivity index (χ4n) is 6.32. The van der Waals surface area contributed by atoms with Crippen molar-refractivity contribution in [1.82, 2.24) is 19.4 Å². The number of rotatable bonds is 4. The predicted molar refractivity (Wildman–Crippen MR) is 140 cm³/mol. The Morgan fingerprint density at radius 3 is 2.43 bits per heavy atom. The molecule has 4 heterocycles. The summed E-state index contributed by atoms with van der Waals surface area (Å²) in [6, 6.07) is 9.41. The molecule has 1 saturated carbocycles. The second-order valence-corrected chi connectivity index (χ2v) is 12.4. The highest BCUT2D eigenvalue weighted by Crippen LogP contribution is 2.48. The molecule has 7 heteroatoms. The third-order valence-corrected chi connectivity index (χ3v) is 8.35. The summed E-state index contributed by atoms with van der Waals surface area (Å²) in [5.41, 5.74) is 11.9. The number of imidazole rings is 1. The molecule has 0 unspecified atom stereocenters. The number of carbonyl (C=O) groups excluding carboxylic acids is 1. The van der Waals surface area contributed by atoms with E-state index in [-0.39, 0.29) is 18.0 Å². The number of pyridine rings is 1. The van der Waals surface area contributed by atoms with Gasteiger partial charge in [0.2, 0.25) is 5.91 Å². The molecule has 2 aromatic heterocycles. The first-order valence-electron chi connectivity index (χ1n) is 12.8. The van der Waals surface area contributed by atoms with Crippen LogP contribution in [0, 0.1) is 5.41 Å². The Bertz CT molecular complexity index is 1340. The molecule has 3 aromatic rings. The lowest BCUT2D eigenvalue weighted by Crippen LogP contribution is -2.64. The van der Waals surface area contributed by atoms with Gasteiger partial charge in [0.1, 0.15) is 11.3 Å². The minimum Gasteiger partial charge on any atom is -0.382 e. The number of amides is 1. The maximum Gasteiger partial charge on any atom is 0.237 e. The quantitative estimate of drug-likeness (QED) is 0.592. The number of anilines is 2. The summed E-state index contributed by atoms with van der Waals surface area (Å²) in [6.07, 6.45) is 3.92.